The third-order valence-corrected chi connectivity index (χ3v) is 2.93. The molecule has 0 saturated carbocycles. The van der Waals surface area contributed by atoms with Crippen molar-refractivity contribution in [2.45, 2.75) is 27.7 Å². The maximum Gasteiger partial charge on any atom is 0.118 e. The largest absolute Gasteiger partial charge is 0.497 e. The molecule has 96 valence electrons. The molecule has 18 heavy (non-hydrogen) atoms. The highest BCUT2D eigenvalue weighted by Crippen LogP contribution is 2.24. The zero-order valence-electron chi connectivity index (χ0n) is 11.9. The van der Waals surface area contributed by atoms with E-state index in [1.165, 1.54) is 22.3 Å². The summed E-state index contributed by atoms with van der Waals surface area (Å²) in [6.45, 7) is 8.27. The van der Waals surface area contributed by atoms with E-state index in [1.54, 1.807) is 7.11 Å². The number of aryl methyl sites for hydroxylation is 2. The normalized spacial score (nSPS) is 9.39. The number of hydrogen-bond acceptors (Lipinski definition) is 1. The summed E-state index contributed by atoms with van der Waals surface area (Å²) >= 11 is 0. The number of benzene rings is 2. The van der Waals surface area contributed by atoms with Crippen LogP contribution in [0.15, 0.2) is 42.5 Å². The molecule has 0 aromatic heterocycles. The molecule has 2 rings (SSSR count). The molecule has 1 nitrogen and oxygen atoms in total. The zero-order valence-corrected chi connectivity index (χ0v) is 11.9. The minimum atomic E-state index is 0.896. The summed E-state index contributed by atoms with van der Waals surface area (Å²) in [5.74, 6) is 0.896. The SMILES string of the molecule is CC.COc1ccc(-c2ccc(C)c(C)c2)cc1. The fourth-order valence-corrected chi connectivity index (χ4v) is 1.70. The summed E-state index contributed by atoms with van der Waals surface area (Å²) in [4.78, 5) is 0. The van der Waals surface area contributed by atoms with Gasteiger partial charge in [-0.1, -0.05) is 44.2 Å². The first-order valence-electron chi connectivity index (χ1n) is 6.42. The number of hydrogen-bond donors (Lipinski definition) is 0. The van der Waals surface area contributed by atoms with Crippen molar-refractivity contribution in [1.82, 2.24) is 0 Å². The monoisotopic (exact) mass is 242 g/mol. The lowest BCUT2D eigenvalue weighted by Crippen LogP contribution is -1.85. The second-order valence-corrected chi connectivity index (χ2v) is 4.03. The Morgan fingerprint density at radius 3 is 1.78 bits per heavy atom. The van der Waals surface area contributed by atoms with Crippen LogP contribution < -0.4 is 4.74 Å². The Balaban J connectivity index is 0.000000771. The van der Waals surface area contributed by atoms with Crippen molar-refractivity contribution in [3.8, 4) is 16.9 Å². The van der Waals surface area contributed by atoms with Crippen molar-refractivity contribution in [2.75, 3.05) is 7.11 Å². The Morgan fingerprint density at radius 2 is 1.28 bits per heavy atom. The molecule has 0 heterocycles. The van der Waals surface area contributed by atoms with E-state index in [0.29, 0.717) is 0 Å². The van der Waals surface area contributed by atoms with E-state index in [1.807, 2.05) is 26.0 Å². The molecule has 0 radical (unpaired) electrons. The van der Waals surface area contributed by atoms with Crippen LogP contribution in [-0.2, 0) is 0 Å². The Kier molecular flexibility index (Phi) is 5.44. The second kappa shape index (κ2) is 6.85. The van der Waals surface area contributed by atoms with E-state index in [-0.39, 0.29) is 0 Å². The van der Waals surface area contributed by atoms with E-state index < -0.39 is 0 Å². The van der Waals surface area contributed by atoms with Crippen molar-refractivity contribution < 1.29 is 4.74 Å². The van der Waals surface area contributed by atoms with E-state index >= 15 is 0 Å². The van der Waals surface area contributed by atoms with Gasteiger partial charge in [-0.2, -0.15) is 0 Å². The average Bonchev–Trinajstić information content (AvgIpc) is 2.44. The second-order valence-electron chi connectivity index (χ2n) is 4.03. The minimum Gasteiger partial charge on any atom is -0.497 e. The molecule has 0 aliphatic rings. The van der Waals surface area contributed by atoms with E-state index in [4.69, 9.17) is 4.74 Å². The van der Waals surface area contributed by atoms with Crippen LogP contribution in [0.2, 0.25) is 0 Å². The molecule has 0 amide bonds. The lowest BCUT2D eigenvalue weighted by Gasteiger charge is -2.06. The molecule has 0 saturated heterocycles. The average molecular weight is 242 g/mol. The molecule has 0 spiro atoms. The highest BCUT2D eigenvalue weighted by atomic mass is 16.5. The number of ether oxygens (including phenoxy) is 1. The van der Waals surface area contributed by atoms with Crippen molar-refractivity contribution in [3.05, 3.63) is 53.6 Å². The standard InChI is InChI=1S/C15H16O.C2H6/c1-11-4-5-14(10-12(11)2)13-6-8-15(16-3)9-7-13;1-2/h4-10H,1-3H3;1-2H3. The van der Waals surface area contributed by atoms with Gasteiger partial charge in [0.25, 0.3) is 0 Å². The topological polar surface area (TPSA) is 9.23 Å². The van der Waals surface area contributed by atoms with E-state index in [0.717, 1.165) is 5.75 Å². The number of methoxy groups -OCH3 is 1. The van der Waals surface area contributed by atoms with Crippen LogP contribution >= 0.6 is 0 Å². The zero-order chi connectivity index (χ0) is 13.5. The van der Waals surface area contributed by atoms with Crippen molar-refractivity contribution in [3.63, 3.8) is 0 Å². The summed E-state index contributed by atoms with van der Waals surface area (Å²) in [6, 6.07) is 14.7. The van der Waals surface area contributed by atoms with Crippen LogP contribution in [0.3, 0.4) is 0 Å². The maximum atomic E-state index is 5.15. The van der Waals surface area contributed by atoms with Gasteiger partial charge < -0.3 is 4.74 Å². The highest BCUT2D eigenvalue weighted by molar-refractivity contribution is 5.65. The summed E-state index contributed by atoms with van der Waals surface area (Å²) in [7, 11) is 1.69. The third kappa shape index (κ3) is 3.36. The quantitative estimate of drug-likeness (QED) is 0.719. The molecular weight excluding hydrogens is 220 g/mol. The van der Waals surface area contributed by atoms with E-state index in [2.05, 4.69) is 44.2 Å². The van der Waals surface area contributed by atoms with Crippen LogP contribution in [0.25, 0.3) is 11.1 Å². The smallest absolute Gasteiger partial charge is 0.118 e. The van der Waals surface area contributed by atoms with Gasteiger partial charge in [0.15, 0.2) is 0 Å². The van der Waals surface area contributed by atoms with Gasteiger partial charge in [0.05, 0.1) is 7.11 Å². The molecule has 1 heteroatoms. The third-order valence-electron chi connectivity index (χ3n) is 2.93. The fourth-order valence-electron chi connectivity index (χ4n) is 1.70. The molecule has 2 aromatic rings. The van der Waals surface area contributed by atoms with Gasteiger partial charge in [0.1, 0.15) is 5.75 Å². The fraction of sp³-hybridized carbons (Fsp3) is 0.294. The van der Waals surface area contributed by atoms with Crippen LogP contribution in [0.1, 0.15) is 25.0 Å². The predicted octanol–water partition coefficient (Wildman–Crippen LogP) is 5.01. The molecule has 0 aliphatic carbocycles. The first-order valence-corrected chi connectivity index (χ1v) is 6.42. The molecule has 0 aliphatic heterocycles. The Bertz CT molecular complexity index is 483. The lowest BCUT2D eigenvalue weighted by atomic mass is 10.0. The first kappa shape index (κ1) is 14.3. The molecule has 0 N–H and O–H groups in total. The highest BCUT2D eigenvalue weighted by Gasteiger charge is 2.00. The van der Waals surface area contributed by atoms with Crippen LogP contribution in [0.4, 0.5) is 0 Å². The Morgan fingerprint density at radius 1 is 0.722 bits per heavy atom. The van der Waals surface area contributed by atoms with Gasteiger partial charge in [-0.15, -0.1) is 0 Å². The Labute approximate surface area is 110 Å². The van der Waals surface area contributed by atoms with Gasteiger partial charge in [0.2, 0.25) is 0 Å². The van der Waals surface area contributed by atoms with Gasteiger partial charge in [-0.25, -0.2) is 0 Å². The van der Waals surface area contributed by atoms with Crippen LogP contribution in [-0.4, -0.2) is 7.11 Å². The summed E-state index contributed by atoms with van der Waals surface area (Å²) in [5.41, 5.74) is 5.14. The first-order chi connectivity index (χ1) is 8.70. The summed E-state index contributed by atoms with van der Waals surface area (Å²) < 4.78 is 5.15. The van der Waals surface area contributed by atoms with Crippen molar-refractivity contribution >= 4 is 0 Å². The Hall–Kier alpha value is -1.76. The van der Waals surface area contributed by atoms with Gasteiger partial charge in [-0.3, -0.25) is 0 Å². The molecule has 0 unspecified atom stereocenters. The van der Waals surface area contributed by atoms with Crippen LogP contribution in [0, 0.1) is 13.8 Å². The maximum absolute atomic E-state index is 5.15. The van der Waals surface area contributed by atoms with E-state index in [9.17, 15) is 0 Å². The molecule has 0 bridgehead atoms. The molecule has 0 fully saturated rings. The number of rotatable bonds is 2. The molecule has 0 atom stereocenters. The molecule has 2 aromatic carbocycles. The van der Waals surface area contributed by atoms with Gasteiger partial charge in [-0.05, 0) is 48.2 Å². The van der Waals surface area contributed by atoms with Crippen molar-refractivity contribution in [1.29, 1.82) is 0 Å². The van der Waals surface area contributed by atoms with Gasteiger partial charge >= 0.3 is 0 Å². The van der Waals surface area contributed by atoms with Crippen molar-refractivity contribution in [2.24, 2.45) is 0 Å². The predicted molar refractivity (Wildman–Crippen MR) is 79.3 cm³/mol. The molecular formula is C17H22O. The summed E-state index contributed by atoms with van der Waals surface area (Å²) in [5, 5.41) is 0. The minimum absolute atomic E-state index is 0.896. The van der Waals surface area contributed by atoms with Gasteiger partial charge in [0, 0.05) is 0 Å². The van der Waals surface area contributed by atoms with Crippen LogP contribution in [0.5, 0.6) is 5.75 Å². The lowest BCUT2D eigenvalue weighted by molar-refractivity contribution is 0.415. The summed E-state index contributed by atoms with van der Waals surface area (Å²) in [6.07, 6.45) is 0.